The maximum Gasteiger partial charge on any atom is 0.277 e. The van der Waals surface area contributed by atoms with E-state index in [0.29, 0.717) is 22.7 Å². The molecule has 2 saturated heterocycles. The lowest BCUT2D eigenvalue weighted by Crippen LogP contribution is -2.34. The zero-order valence-electron chi connectivity index (χ0n) is 18.5. The number of nitrogens with one attached hydrogen (secondary N) is 3. The van der Waals surface area contributed by atoms with Crippen molar-refractivity contribution in [3.8, 4) is 5.75 Å². The molecular weight excluding hydrogens is 442 g/mol. The van der Waals surface area contributed by atoms with E-state index in [-0.39, 0.29) is 24.1 Å². The van der Waals surface area contributed by atoms with Crippen molar-refractivity contribution in [1.29, 1.82) is 0 Å². The van der Waals surface area contributed by atoms with E-state index >= 15 is 0 Å². The molecule has 0 saturated carbocycles. The summed E-state index contributed by atoms with van der Waals surface area (Å²) in [6.07, 6.45) is 8.56. The van der Waals surface area contributed by atoms with Crippen LogP contribution in [-0.4, -0.2) is 52.4 Å². The van der Waals surface area contributed by atoms with Gasteiger partial charge in [-0.25, -0.2) is 10.1 Å². The number of hydrogen-bond donors (Lipinski definition) is 3. The van der Waals surface area contributed by atoms with Gasteiger partial charge < -0.3 is 20.3 Å². The lowest BCUT2D eigenvalue weighted by atomic mass is 10.1. The summed E-state index contributed by atoms with van der Waals surface area (Å²) >= 11 is 0. The summed E-state index contributed by atoms with van der Waals surface area (Å²) in [6.45, 7) is 3.83. The highest BCUT2D eigenvalue weighted by molar-refractivity contribution is 5.90. The smallest absolute Gasteiger partial charge is 0.277 e. The number of piperidine rings is 1. The van der Waals surface area contributed by atoms with Gasteiger partial charge in [-0.05, 0) is 63.0 Å². The molecule has 2 aliphatic heterocycles. The van der Waals surface area contributed by atoms with Crippen molar-refractivity contribution in [3.05, 3.63) is 40.8 Å². The van der Waals surface area contributed by atoms with E-state index in [1.807, 2.05) is 24.3 Å². The molecule has 2 aromatic heterocycles. The van der Waals surface area contributed by atoms with Crippen LogP contribution < -0.4 is 25.8 Å². The van der Waals surface area contributed by atoms with E-state index in [2.05, 4.69) is 30.7 Å². The van der Waals surface area contributed by atoms with Gasteiger partial charge in [0.2, 0.25) is 5.95 Å². The monoisotopic (exact) mass is 471 g/mol. The predicted molar refractivity (Wildman–Crippen MR) is 132 cm³/mol. The molecule has 33 heavy (non-hydrogen) atoms. The minimum Gasteiger partial charge on any atom is -0.490 e. The van der Waals surface area contributed by atoms with Crippen LogP contribution in [-0.2, 0) is 0 Å². The Bertz CT molecular complexity index is 1110. The number of anilines is 3. The first kappa shape index (κ1) is 23.3. The largest absolute Gasteiger partial charge is 0.490 e. The van der Waals surface area contributed by atoms with Gasteiger partial charge in [0.05, 0.1) is 6.20 Å². The average Bonchev–Trinajstić information content (AvgIpc) is 3.11. The van der Waals surface area contributed by atoms with Crippen LogP contribution >= 0.6 is 12.4 Å². The minimum absolute atomic E-state index is 0. The Hall–Kier alpha value is -2.91. The van der Waals surface area contributed by atoms with Crippen LogP contribution in [0.3, 0.4) is 0 Å². The molecule has 1 aromatic carbocycles. The van der Waals surface area contributed by atoms with Gasteiger partial charge in [0.15, 0.2) is 0 Å². The Morgan fingerprint density at radius 2 is 1.73 bits per heavy atom. The first-order valence-corrected chi connectivity index (χ1v) is 11.5. The van der Waals surface area contributed by atoms with Gasteiger partial charge in [-0.2, -0.15) is 10.1 Å². The number of ether oxygens (including phenoxy) is 1. The van der Waals surface area contributed by atoms with Gasteiger partial charge in [-0.3, -0.25) is 4.79 Å². The fraction of sp³-hybridized carbons (Fsp3) is 0.478. The number of halogens is 1. The third kappa shape index (κ3) is 5.54. The molecular formula is C23H30ClN7O2. The van der Waals surface area contributed by atoms with Crippen molar-refractivity contribution < 1.29 is 4.74 Å². The molecule has 5 rings (SSSR count). The van der Waals surface area contributed by atoms with Crippen molar-refractivity contribution in [2.45, 2.75) is 44.6 Å². The number of rotatable bonds is 5. The number of benzene rings is 1. The predicted octanol–water partition coefficient (Wildman–Crippen LogP) is 3.39. The summed E-state index contributed by atoms with van der Waals surface area (Å²) in [6, 6.07) is 7.81. The van der Waals surface area contributed by atoms with Crippen molar-refractivity contribution in [2.24, 2.45) is 0 Å². The second-order valence-corrected chi connectivity index (χ2v) is 8.45. The molecule has 0 atom stereocenters. The van der Waals surface area contributed by atoms with Crippen LogP contribution in [0.5, 0.6) is 5.75 Å². The average molecular weight is 472 g/mol. The van der Waals surface area contributed by atoms with Crippen LogP contribution in [0, 0.1) is 0 Å². The van der Waals surface area contributed by atoms with E-state index in [0.717, 1.165) is 63.3 Å². The molecule has 0 aliphatic carbocycles. The van der Waals surface area contributed by atoms with Crippen molar-refractivity contribution in [1.82, 2.24) is 25.5 Å². The van der Waals surface area contributed by atoms with Crippen LogP contribution in [0.4, 0.5) is 17.5 Å². The van der Waals surface area contributed by atoms with Crippen molar-refractivity contribution in [3.63, 3.8) is 0 Å². The van der Waals surface area contributed by atoms with Gasteiger partial charge in [-0.15, -0.1) is 12.4 Å². The molecule has 10 heteroatoms. The molecule has 2 aliphatic rings. The molecule has 0 amide bonds. The number of aromatic amines is 1. The molecule has 0 bridgehead atoms. The summed E-state index contributed by atoms with van der Waals surface area (Å²) < 4.78 is 6.10. The van der Waals surface area contributed by atoms with E-state index in [4.69, 9.17) is 9.72 Å². The Balaban J connectivity index is 0.00000259. The van der Waals surface area contributed by atoms with Gasteiger partial charge in [0.25, 0.3) is 5.56 Å². The van der Waals surface area contributed by atoms with Crippen molar-refractivity contribution in [2.75, 3.05) is 36.4 Å². The van der Waals surface area contributed by atoms with Gasteiger partial charge in [-0.1, -0.05) is 12.8 Å². The second-order valence-electron chi connectivity index (χ2n) is 8.45. The number of fused-ring (bicyclic) bond motifs is 1. The summed E-state index contributed by atoms with van der Waals surface area (Å²) in [7, 11) is 0. The second kappa shape index (κ2) is 10.8. The normalized spacial score (nSPS) is 17.3. The topological polar surface area (TPSA) is 108 Å². The third-order valence-corrected chi connectivity index (χ3v) is 6.10. The quantitative estimate of drug-likeness (QED) is 0.519. The number of H-pyrrole nitrogens is 1. The van der Waals surface area contributed by atoms with Crippen molar-refractivity contribution >= 4 is 40.8 Å². The van der Waals surface area contributed by atoms with Crippen LogP contribution in [0.1, 0.15) is 38.5 Å². The fourth-order valence-corrected chi connectivity index (χ4v) is 4.35. The number of nitrogens with zero attached hydrogens (tertiary/aromatic N) is 4. The molecule has 176 valence electrons. The third-order valence-electron chi connectivity index (χ3n) is 6.10. The molecule has 4 heterocycles. The number of aromatic nitrogens is 4. The lowest BCUT2D eigenvalue weighted by molar-refractivity contribution is 0.162. The van der Waals surface area contributed by atoms with Crippen LogP contribution in [0.25, 0.3) is 10.9 Å². The first-order valence-electron chi connectivity index (χ1n) is 11.5. The Morgan fingerprint density at radius 3 is 2.45 bits per heavy atom. The highest BCUT2D eigenvalue weighted by atomic mass is 35.5. The molecule has 0 spiro atoms. The zero-order chi connectivity index (χ0) is 21.8. The highest BCUT2D eigenvalue weighted by Crippen LogP contribution is 2.26. The summed E-state index contributed by atoms with van der Waals surface area (Å²) in [4.78, 5) is 24.1. The Labute approximate surface area is 198 Å². The highest BCUT2D eigenvalue weighted by Gasteiger charge is 2.18. The molecule has 9 nitrogen and oxygen atoms in total. The molecule has 3 N–H and O–H groups in total. The first-order chi connectivity index (χ1) is 15.8. The summed E-state index contributed by atoms with van der Waals surface area (Å²) in [5, 5.41) is 13.5. The van der Waals surface area contributed by atoms with E-state index in [9.17, 15) is 4.79 Å². The van der Waals surface area contributed by atoms with E-state index in [1.54, 1.807) is 6.20 Å². The molecule has 2 fully saturated rings. The summed E-state index contributed by atoms with van der Waals surface area (Å²) in [5.41, 5.74) is 1.07. The zero-order valence-corrected chi connectivity index (χ0v) is 19.4. The van der Waals surface area contributed by atoms with E-state index < -0.39 is 0 Å². The van der Waals surface area contributed by atoms with Crippen LogP contribution in [0.15, 0.2) is 35.3 Å². The van der Waals surface area contributed by atoms with Crippen LogP contribution in [0.2, 0.25) is 0 Å². The maximum atomic E-state index is 12.5. The lowest BCUT2D eigenvalue weighted by Gasteiger charge is -2.24. The molecule has 3 aromatic rings. The number of hydrogen-bond acceptors (Lipinski definition) is 8. The van der Waals surface area contributed by atoms with Gasteiger partial charge in [0.1, 0.15) is 28.6 Å². The maximum absolute atomic E-state index is 12.5. The Kier molecular flexibility index (Phi) is 7.61. The fourth-order valence-electron chi connectivity index (χ4n) is 4.35. The minimum atomic E-state index is -0.307. The molecule has 0 radical (unpaired) electrons. The van der Waals surface area contributed by atoms with Gasteiger partial charge in [0, 0.05) is 18.8 Å². The van der Waals surface area contributed by atoms with E-state index in [1.165, 1.54) is 12.8 Å². The standard InChI is InChI=1S/C23H29N7O2.ClH/c31-22-20-19(15-25-29-22)27-23(30-13-3-1-2-4-14-30)28-21(20)26-16-5-7-17(8-6-16)32-18-9-11-24-12-10-18;/h5-8,15,18,24H,1-4,9-14H2,(H,29,31)(H,26,27,28);1H. The molecule has 0 unspecified atom stereocenters. The summed E-state index contributed by atoms with van der Waals surface area (Å²) in [5.74, 6) is 1.98. The van der Waals surface area contributed by atoms with Gasteiger partial charge >= 0.3 is 0 Å². The SMILES string of the molecule is Cl.O=c1[nH]ncc2nc(N3CCCCCC3)nc(Nc3ccc(OC4CCNCC4)cc3)c12. The Morgan fingerprint density at radius 1 is 1.00 bits per heavy atom.